The summed E-state index contributed by atoms with van der Waals surface area (Å²) in [5.74, 6) is -0.956. The quantitative estimate of drug-likeness (QED) is 0.442. The van der Waals surface area contributed by atoms with Gasteiger partial charge in [0.2, 0.25) is 5.91 Å². The van der Waals surface area contributed by atoms with Crippen LogP contribution < -0.4 is 10.6 Å². The van der Waals surface area contributed by atoms with Crippen molar-refractivity contribution < 1.29 is 23.2 Å². The lowest BCUT2D eigenvalue weighted by Crippen LogP contribution is -2.49. The Labute approximate surface area is 197 Å². The summed E-state index contributed by atoms with van der Waals surface area (Å²) in [6.45, 7) is 5.35. The molecule has 4 rings (SSSR count). The summed E-state index contributed by atoms with van der Waals surface area (Å²) in [7, 11) is 0. The van der Waals surface area contributed by atoms with Crippen molar-refractivity contribution >= 4 is 5.91 Å². The molecule has 0 spiro atoms. The second kappa shape index (κ2) is 9.64. The SMILES string of the molecule is CC(=O)NC(Cc1cc(F)cc(F)c1)C(O)CNC1(c2cccc(-c3c(C)noc3C)c2)CC1. The molecule has 2 atom stereocenters. The first-order chi connectivity index (χ1) is 16.2. The fraction of sp³-hybridized carbons (Fsp3) is 0.385. The summed E-state index contributed by atoms with van der Waals surface area (Å²) in [6, 6.07) is 10.7. The first kappa shape index (κ1) is 24.0. The van der Waals surface area contributed by atoms with Gasteiger partial charge in [0.15, 0.2) is 0 Å². The Bertz CT molecular complexity index is 1150. The zero-order chi connectivity index (χ0) is 24.5. The molecule has 0 aliphatic heterocycles. The van der Waals surface area contributed by atoms with Crippen molar-refractivity contribution in [2.45, 2.75) is 57.7 Å². The molecule has 180 valence electrons. The van der Waals surface area contributed by atoms with Gasteiger partial charge in [-0.1, -0.05) is 23.4 Å². The van der Waals surface area contributed by atoms with E-state index in [1.807, 2.05) is 26.0 Å². The summed E-state index contributed by atoms with van der Waals surface area (Å²) in [5.41, 5.74) is 4.01. The number of benzene rings is 2. The first-order valence-corrected chi connectivity index (χ1v) is 11.4. The van der Waals surface area contributed by atoms with Crippen LogP contribution in [0.25, 0.3) is 11.1 Å². The third kappa shape index (κ3) is 5.34. The van der Waals surface area contributed by atoms with Crippen LogP contribution in [0.1, 0.15) is 42.3 Å². The van der Waals surface area contributed by atoms with Crippen molar-refractivity contribution in [3.63, 3.8) is 0 Å². The van der Waals surface area contributed by atoms with Crippen LogP contribution >= 0.6 is 0 Å². The normalized spacial score (nSPS) is 16.2. The predicted octanol–water partition coefficient (Wildman–Crippen LogP) is 3.92. The molecule has 1 saturated carbocycles. The smallest absolute Gasteiger partial charge is 0.217 e. The maximum absolute atomic E-state index is 13.6. The number of aryl methyl sites for hydroxylation is 2. The molecule has 2 unspecified atom stereocenters. The van der Waals surface area contributed by atoms with Gasteiger partial charge < -0.3 is 20.3 Å². The van der Waals surface area contributed by atoms with E-state index < -0.39 is 23.8 Å². The molecule has 0 saturated heterocycles. The fourth-order valence-corrected chi connectivity index (χ4v) is 4.53. The van der Waals surface area contributed by atoms with Crippen LogP contribution in [0.4, 0.5) is 8.78 Å². The highest BCUT2D eigenvalue weighted by molar-refractivity contribution is 5.73. The Morgan fingerprint density at radius 1 is 1.18 bits per heavy atom. The number of rotatable bonds is 9. The van der Waals surface area contributed by atoms with E-state index in [0.717, 1.165) is 47.1 Å². The number of amides is 1. The monoisotopic (exact) mass is 469 g/mol. The lowest BCUT2D eigenvalue weighted by molar-refractivity contribution is -0.120. The molecule has 8 heteroatoms. The molecule has 2 aromatic carbocycles. The van der Waals surface area contributed by atoms with Crippen LogP contribution in [0.15, 0.2) is 47.0 Å². The lowest BCUT2D eigenvalue weighted by Gasteiger charge is -2.27. The number of hydrogen-bond donors (Lipinski definition) is 3. The number of nitrogens with one attached hydrogen (secondary N) is 2. The third-order valence-electron chi connectivity index (χ3n) is 6.37. The summed E-state index contributed by atoms with van der Waals surface area (Å²) in [5, 5.41) is 21.1. The second-order valence-corrected chi connectivity index (χ2v) is 9.10. The van der Waals surface area contributed by atoms with E-state index in [4.69, 9.17) is 4.52 Å². The zero-order valence-electron chi connectivity index (χ0n) is 19.5. The minimum atomic E-state index is -0.960. The molecule has 1 aliphatic rings. The highest BCUT2D eigenvalue weighted by Crippen LogP contribution is 2.46. The molecule has 0 bridgehead atoms. The molecular weight excluding hydrogens is 440 g/mol. The Morgan fingerprint density at radius 3 is 2.47 bits per heavy atom. The van der Waals surface area contributed by atoms with E-state index >= 15 is 0 Å². The Balaban J connectivity index is 1.48. The fourth-order valence-electron chi connectivity index (χ4n) is 4.53. The van der Waals surface area contributed by atoms with Crippen molar-refractivity contribution in [2.24, 2.45) is 0 Å². The number of aromatic nitrogens is 1. The number of carbonyl (C=O) groups is 1. The maximum Gasteiger partial charge on any atom is 0.217 e. The number of aliphatic hydroxyl groups is 1. The second-order valence-electron chi connectivity index (χ2n) is 9.10. The van der Waals surface area contributed by atoms with Crippen molar-refractivity contribution in [2.75, 3.05) is 6.54 Å². The maximum atomic E-state index is 13.6. The number of aliphatic hydroxyl groups excluding tert-OH is 1. The van der Waals surface area contributed by atoms with E-state index in [0.29, 0.717) is 5.56 Å². The molecule has 34 heavy (non-hydrogen) atoms. The first-order valence-electron chi connectivity index (χ1n) is 11.4. The van der Waals surface area contributed by atoms with Crippen LogP contribution in [0.5, 0.6) is 0 Å². The summed E-state index contributed by atoms with van der Waals surface area (Å²) >= 11 is 0. The molecule has 3 aromatic rings. The molecule has 1 fully saturated rings. The molecule has 3 N–H and O–H groups in total. The molecule has 1 aromatic heterocycles. The Morgan fingerprint density at radius 2 is 1.88 bits per heavy atom. The number of halogens is 2. The predicted molar refractivity (Wildman–Crippen MR) is 124 cm³/mol. The van der Waals surface area contributed by atoms with Crippen molar-refractivity contribution in [1.82, 2.24) is 15.8 Å². The van der Waals surface area contributed by atoms with Crippen LogP contribution in [-0.2, 0) is 16.8 Å². The summed E-state index contributed by atoms with van der Waals surface area (Å²) in [6.07, 6.45) is 0.958. The van der Waals surface area contributed by atoms with Gasteiger partial charge in [-0.3, -0.25) is 4.79 Å². The summed E-state index contributed by atoms with van der Waals surface area (Å²) in [4.78, 5) is 11.7. The Kier molecular flexibility index (Phi) is 6.81. The van der Waals surface area contributed by atoms with Crippen molar-refractivity contribution in [3.8, 4) is 11.1 Å². The van der Waals surface area contributed by atoms with Gasteiger partial charge in [-0.25, -0.2) is 8.78 Å². The van der Waals surface area contributed by atoms with Gasteiger partial charge >= 0.3 is 0 Å². The number of carbonyl (C=O) groups excluding carboxylic acids is 1. The van der Waals surface area contributed by atoms with Gasteiger partial charge in [0.05, 0.1) is 17.8 Å². The van der Waals surface area contributed by atoms with Gasteiger partial charge in [0, 0.05) is 30.6 Å². The highest BCUT2D eigenvalue weighted by atomic mass is 19.1. The largest absolute Gasteiger partial charge is 0.390 e. The van der Waals surface area contributed by atoms with Gasteiger partial charge in [-0.15, -0.1) is 0 Å². The van der Waals surface area contributed by atoms with E-state index in [1.54, 1.807) is 0 Å². The van der Waals surface area contributed by atoms with E-state index in [1.165, 1.54) is 19.1 Å². The molecular formula is C26H29F2N3O3. The van der Waals surface area contributed by atoms with Crippen LogP contribution in [-0.4, -0.2) is 34.9 Å². The third-order valence-corrected chi connectivity index (χ3v) is 6.37. The van der Waals surface area contributed by atoms with E-state index in [-0.39, 0.29) is 24.4 Å². The van der Waals surface area contributed by atoms with Gasteiger partial charge in [-0.05, 0) is 68.0 Å². The molecule has 6 nitrogen and oxygen atoms in total. The minimum absolute atomic E-state index is 0.103. The zero-order valence-corrected chi connectivity index (χ0v) is 19.5. The van der Waals surface area contributed by atoms with Gasteiger partial charge in [-0.2, -0.15) is 0 Å². The van der Waals surface area contributed by atoms with Crippen LogP contribution in [0.2, 0.25) is 0 Å². The molecule has 1 aliphatic carbocycles. The average Bonchev–Trinajstić information content (AvgIpc) is 3.49. The Hall–Kier alpha value is -3.10. The van der Waals surface area contributed by atoms with Gasteiger partial charge in [0.25, 0.3) is 0 Å². The molecule has 0 radical (unpaired) electrons. The van der Waals surface area contributed by atoms with Crippen LogP contribution in [0, 0.1) is 25.5 Å². The molecule has 1 heterocycles. The highest BCUT2D eigenvalue weighted by Gasteiger charge is 2.44. The van der Waals surface area contributed by atoms with Crippen LogP contribution in [0.3, 0.4) is 0 Å². The topological polar surface area (TPSA) is 87.4 Å². The van der Waals surface area contributed by atoms with Gasteiger partial charge in [0.1, 0.15) is 17.4 Å². The summed E-state index contributed by atoms with van der Waals surface area (Å²) < 4.78 is 32.5. The number of nitrogens with zero attached hydrogens (tertiary/aromatic N) is 1. The molecule has 1 amide bonds. The standard InChI is InChI=1S/C26H29F2N3O3/c1-15-25(16(2)34-31-15)19-5-4-6-20(12-19)26(7-8-26)29-14-24(33)23(30-17(3)32)11-18-9-21(27)13-22(28)10-18/h4-6,9-10,12-13,23-24,29,33H,7-8,11,14H2,1-3H3,(H,30,32). The van der Waals surface area contributed by atoms with E-state index in [2.05, 4.69) is 27.9 Å². The van der Waals surface area contributed by atoms with Crippen molar-refractivity contribution in [1.29, 1.82) is 0 Å². The van der Waals surface area contributed by atoms with E-state index in [9.17, 15) is 18.7 Å². The number of hydrogen-bond acceptors (Lipinski definition) is 5. The van der Waals surface area contributed by atoms with Crippen molar-refractivity contribution in [3.05, 3.63) is 76.7 Å². The minimum Gasteiger partial charge on any atom is -0.390 e. The lowest BCUT2D eigenvalue weighted by atomic mass is 9.96. The average molecular weight is 470 g/mol.